The molecule has 0 fully saturated rings. The van der Waals surface area contributed by atoms with Crippen LogP contribution in [0.15, 0.2) is 64.1 Å². The minimum Gasteiger partial charge on any atom is -0.294 e. The van der Waals surface area contributed by atoms with E-state index in [9.17, 15) is 9.18 Å². The van der Waals surface area contributed by atoms with Crippen LogP contribution in [0.2, 0.25) is 0 Å². The SMILES string of the molecule is O=C1CCCC2=C1C(c1ccc(F)cc1)N=C(c1nccs1)CC=C2. The van der Waals surface area contributed by atoms with Crippen LogP contribution in [0.25, 0.3) is 0 Å². The third kappa shape index (κ3) is 3.24. The summed E-state index contributed by atoms with van der Waals surface area (Å²) < 4.78 is 13.4. The van der Waals surface area contributed by atoms with Gasteiger partial charge in [-0.3, -0.25) is 9.79 Å². The van der Waals surface area contributed by atoms with Crippen LogP contribution in [0, 0.1) is 5.82 Å². The van der Waals surface area contributed by atoms with Crippen molar-refractivity contribution in [1.82, 2.24) is 4.98 Å². The van der Waals surface area contributed by atoms with Gasteiger partial charge in [-0.2, -0.15) is 0 Å². The van der Waals surface area contributed by atoms with Gasteiger partial charge in [0, 0.05) is 30.0 Å². The van der Waals surface area contributed by atoms with Gasteiger partial charge in [0.1, 0.15) is 16.9 Å². The largest absolute Gasteiger partial charge is 0.294 e. The number of benzene rings is 1. The molecule has 25 heavy (non-hydrogen) atoms. The summed E-state index contributed by atoms with van der Waals surface area (Å²) >= 11 is 1.54. The fraction of sp³-hybridized carbons (Fsp3) is 0.250. The fourth-order valence-corrected chi connectivity index (χ4v) is 4.01. The molecule has 0 saturated heterocycles. The lowest BCUT2D eigenvalue weighted by Crippen LogP contribution is -2.19. The highest BCUT2D eigenvalue weighted by molar-refractivity contribution is 7.11. The quantitative estimate of drug-likeness (QED) is 0.777. The van der Waals surface area contributed by atoms with Crippen LogP contribution in [0.1, 0.15) is 42.3 Å². The van der Waals surface area contributed by atoms with Gasteiger partial charge in [0.2, 0.25) is 0 Å². The molecule has 0 spiro atoms. The van der Waals surface area contributed by atoms with Crippen LogP contribution in [0.3, 0.4) is 0 Å². The Bertz CT molecular complexity index is 879. The number of thiazole rings is 1. The van der Waals surface area contributed by atoms with Gasteiger partial charge in [-0.15, -0.1) is 11.3 Å². The molecular weight excluding hydrogens is 335 g/mol. The summed E-state index contributed by atoms with van der Waals surface area (Å²) in [5, 5.41) is 2.79. The van der Waals surface area contributed by atoms with Crippen molar-refractivity contribution >= 4 is 22.8 Å². The van der Waals surface area contributed by atoms with E-state index < -0.39 is 6.04 Å². The number of ketones is 1. The van der Waals surface area contributed by atoms with Crippen molar-refractivity contribution in [3.63, 3.8) is 0 Å². The molecule has 2 aromatic rings. The molecule has 0 saturated carbocycles. The van der Waals surface area contributed by atoms with E-state index in [2.05, 4.69) is 17.1 Å². The number of Topliss-reactive ketones (excluding diaryl/α,β-unsaturated/α-hetero) is 1. The average Bonchev–Trinajstić information content (AvgIpc) is 3.12. The predicted octanol–water partition coefficient (Wildman–Crippen LogP) is 4.82. The third-order valence-corrected chi connectivity index (χ3v) is 5.37. The first kappa shape index (κ1) is 16.1. The zero-order valence-corrected chi connectivity index (χ0v) is 14.4. The second kappa shape index (κ2) is 6.84. The molecule has 126 valence electrons. The third-order valence-electron chi connectivity index (χ3n) is 4.55. The highest BCUT2D eigenvalue weighted by atomic mass is 32.1. The predicted molar refractivity (Wildman–Crippen MR) is 97.4 cm³/mol. The van der Waals surface area contributed by atoms with E-state index in [0.717, 1.165) is 40.3 Å². The van der Waals surface area contributed by atoms with E-state index in [-0.39, 0.29) is 11.6 Å². The van der Waals surface area contributed by atoms with Gasteiger partial charge in [-0.25, -0.2) is 9.37 Å². The van der Waals surface area contributed by atoms with E-state index in [4.69, 9.17) is 4.99 Å². The number of nitrogens with zero attached hydrogens (tertiary/aromatic N) is 2. The van der Waals surface area contributed by atoms with E-state index >= 15 is 0 Å². The smallest absolute Gasteiger partial charge is 0.161 e. The molecule has 1 atom stereocenters. The molecule has 0 amide bonds. The van der Waals surface area contributed by atoms with Crippen LogP contribution in [0.5, 0.6) is 0 Å². The van der Waals surface area contributed by atoms with Crippen molar-refractivity contribution < 1.29 is 9.18 Å². The zero-order chi connectivity index (χ0) is 17.2. The number of carbonyl (C=O) groups excluding carboxylic acids is 1. The molecule has 0 bridgehead atoms. The maximum atomic E-state index is 13.4. The molecule has 2 heterocycles. The van der Waals surface area contributed by atoms with Crippen LogP contribution in [0.4, 0.5) is 4.39 Å². The number of aromatic nitrogens is 1. The topological polar surface area (TPSA) is 42.3 Å². The molecule has 1 aliphatic heterocycles. The van der Waals surface area contributed by atoms with Crippen molar-refractivity contribution in [3.05, 3.63) is 75.5 Å². The van der Waals surface area contributed by atoms with Crippen molar-refractivity contribution in [2.45, 2.75) is 31.7 Å². The van der Waals surface area contributed by atoms with Gasteiger partial charge in [0.05, 0.1) is 5.71 Å². The summed E-state index contributed by atoms with van der Waals surface area (Å²) in [6.45, 7) is 0. The Morgan fingerprint density at radius 1 is 1.16 bits per heavy atom. The first-order chi connectivity index (χ1) is 12.2. The summed E-state index contributed by atoms with van der Waals surface area (Å²) in [5.74, 6) is -0.146. The van der Waals surface area contributed by atoms with Crippen molar-refractivity contribution in [1.29, 1.82) is 0 Å². The number of aliphatic imine (C=N–C) groups is 1. The van der Waals surface area contributed by atoms with Gasteiger partial charge in [0.25, 0.3) is 0 Å². The van der Waals surface area contributed by atoms with Crippen LogP contribution >= 0.6 is 11.3 Å². The monoisotopic (exact) mass is 352 g/mol. The Hall–Kier alpha value is -2.40. The van der Waals surface area contributed by atoms with Crippen LogP contribution in [-0.2, 0) is 4.79 Å². The Morgan fingerprint density at radius 3 is 2.76 bits per heavy atom. The molecule has 4 rings (SSSR count). The summed E-state index contributed by atoms with van der Waals surface area (Å²) in [6.07, 6.45) is 8.87. The highest BCUT2D eigenvalue weighted by Crippen LogP contribution is 2.37. The Balaban J connectivity index is 1.88. The van der Waals surface area contributed by atoms with Gasteiger partial charge in [0.15, 0.2) is 5.78 Å². The highest BCUT2D eigenvalue weighted by Gasteiger charge is 2.29. The van der Waals surface area contributed by atoms with E-state index in [0.29, 0.717) is 12.8 Å². The molecule has 1 unspecified atom stereocenters. The summed E-state index contributed by atoms with van der Waals surface area (Å²) in [5.41, 5.74) is 3.52. The second-order valence-electron chi connectivity index (χ2n) is 6.19. The van der Waals surface area contributed by atoms with Crippen molar-refractivity contribution in [2.24, 2.45) is 4.99 Å². The van der Waals surface area contributed by atoms with Crippen molar-refractivity contribution in [2.75, 3.05) is 0 Å². The number of rotatable bonds is 2. The number of carbonyl (C=O) groups is 1. The molecule has 3 nitrogen and oxygen atoms in total. The number of halogens is 1. The summed E-state index contributed by atoms with van der Waals surface area (Å²) in [4.78, 5) is 22.0. The average molecular weight is 352 g/mol. The molecule has 1 aromatic carbocycles. The number of hydrogen-bond donors (Lipinski definition) is 0. The lowest BCUT2D eigenvalue weighted by atomic mass is 9.83. The van der Waals surface area contributed by atoms with Gasteiger partial charge in [-0.1, -0.05) is 24.3 Å². The molecule has 0 radical (unpaired) electrons. The maximum absolute atomic E-state index is 13.4. The Kier molecular flexibility index (Phi) is 4.40. The minimum atomic E-state index is -0.396. The maximum Gasteiger partial charge on any atom is 0.161 e. The van der Waals surface area contributed by atoms with Crippen molar-refractivity contribution in [3.8, 4) is 0 Å². The Morgan fingerprint density at radius 2 is 2.00 bits per heavy atom. The standard InChI is InChI=1S/C20H17FN2OS/c21-15-9-7-14(8-10-15)19-18-13(4-2-6-17(18)24)3-1-5-16(23-19)20-22-11-12-25-20/h1,3,7-12,19H,2,4-6H2. The first-order valence-electron chi connectivity index (χ1n) is 8.37. The van der Waals surface area contributed by atoms with Crippen LogP contribution < -0.4 is 0 Å². The fourth-order valence-electron chi connectivity index (χ4n) is 3.37. The molecular formula is C20H17FN2OS. The van der Waals surface area contributed by atoms with Gasteiger partial charge >= 0.3 is 0 Å². The molecule has 1 aliphatic carbocycles. The van der Waals surface area contributed by atoms with Crippen LogP contribution in [-0.4, -0.2) is 16.5 Å². The van der Waals surface area contributed by atoms with E-state index in [1.165, 1.54) is 23.5 Å². The molecule has 2 aliphatic rings. The van der Waals surface area contributed by atoms with Gasteiger partial charge < -0.3 is 0 Å². The van der Waals surface area contributed by atoms with Gasteiger partial charge in [-0.05, 0) is 36.1 Å². The van der Waals surface area contributed by atoms with E-state index in [1.54, 1.807) is 18.3 Å². The first-order valence-corrected chi connectivity index (χ1v) is 9.25. The molecule has 5 heteroatoms. The summed E-state index contributed by atoms with van der Waals surface area (Å²) in [6, 6.07) is 5.90. The lowest BCUT2D eigenvalue weighted by Gasteiger charge is -2.25. The molecule has 0 N–H and O–H groups in total. The lowest BCUT2D eigenvalue weighted by molar-refractivity contribution is -0.116. The number of allylic oxidation sites excluding steroid dienone is 3. The molecule has 1 aromatic heterocycles. The second-order valence-corrected chi connectivity index (χ2v) is 7.08. The number of hydrogen-bond acceptors (Lipinski definition) is 4. The Labute approximate surface area is 149 Å². The van der Waals surface area contributed by atoms with E-state index in [1.807, 2.05) is 5.38 Å². The summed E-state index contributed by atoms with van der Waals surface area (Å²) in [7, 11) is 0. The minimum absolute atomic E-state index is 0.143. The zero-order valence-electron chi connectivity index (χ0n) is 13.6. The normalized spacial score (nSPS) is 20.8.